The van der Waals surface area contributed by atoms with E-state index in [1.807, 2.05) is 6.07 Å². The summed E-state index contributed by atoms with van der Waals surface area (Å²) in [5, 5.41) is 4.64. The molecule has 3 saturated carbocycles. The Morgan fingerprint density at radius 1 is 1.14 bits per heavy atom. The molecule has 3 aliphatic rings. The summed E-state index contributed by atoms with van der Waals surface area (Å²) in [6.07, 6.45) is 10.1. The second-order valence-electron chi connectivity index (χ2n) is 7.61. The molecule has 4 atom stereocenters. The lowest BCUT2D eigenvalue weighted by Gasteiger charge is -2.27. The predicted molar refractivity (Wildman–Crippen MR) is 88.8 cm³/mol. The van der Waals surface area contributed by atoms with Gasteiger partial charge in [-0.2, -0.15) is 0 Å². The van der Waals surface area contributed by atoms with E-state index in [1.54, 1.807) is 0 Å². The van der Waals surface area contributed by atoms with E-state index in [-0.39, 0.29) is 0 Å². The van der Waals surface area contributed by atoms with Crippen LogP contribution in [0.4, 0.5) is 0 Å². The second kappa shape index (κ2) is 5.93. The Morgan fingerprint density at radius 3 is 2.71 bits per heavy atom. The highest BCUT2D eigenvalue weighted by Crippen LogP contribution is 2.51. The summed E-state index contributed by atoms with van der Waals surface area (Å²) in [5.41, 5.74) is 1.44. The number of hydrogen-bond acceptors (Lipinski definition) is 1. The SMILES string of the molecule is Clc1cccc(C(CNC2CC2)CC2CC3CCC2C3)c1. The Kier molecular flexibility index (Phi) is 3.98. The first-order chi connectivity index (χ1) is 10.3. The van der Waals surface area contributed by atoms with E-state index in [2.05, 4.69) is 23.5 Å². The molecule has 0 amide bonds. The fourth-order valence-corrected chi connectivity index (χ4v) is 4.92. The Hall–Kier alpha value is -0.530. The molecule has 0 heterocycles. The van der Waals surface area contributed by atoms with Gasteiger partial charge in [0.25, 0.3) is 0 Å². The third-order valence-corrected chi connectivity index (χ3v) is 6.26. The zero-order chi connectivity index (χ0) is 14.2. The molecule has 0 saturated heterocycles. The van der Waals surface area contributed by atoms with Crippen molar-refractivity contribution in [3.05, 3.63) is 34.9 Å². The van der Waals surface area contributed by atoms with Gasteiger partial charge in [0, 0.05) is 17.6 Å². The quantitative estimate of drug-likeness (QED) is 0.779. The molecule has 3 aliphatic carbocycles. The summed E-state index contributed by atoms with van der Waals surface area (Å²) in [6.45, 7) is 1.14. The first kappa shape index (κ1) is 14.1. The molecular formula is C19H26ClN. The average molecular weight is 304 g/mol. The third-order valence-electron chi connectivity index (χ3n) is 6.02. The summed E-state index contributed by atoms with van der Waals surface area (Å²) in [7, 11) is 0. The maximum atomic E-state index is 6.22. The first-order valence-electron chi connectivity index (χ1n) is 8.77. The van der Waals surface area contributed by atoms with Crippen molar-refractivity contribution in [2.24, 2.45) is 17.8 Å². The van der Waals surface area contributed by atoms with Gasteiger partial charge in [0.1, 0.15) is 0 Å². The summed E-state index contributed by atoms with van der Waals surface area (Å²) >= 11 is 6.22. The summed E-state index contributed by atoms with van der Waals surface area (Å²) in [4.78, 5) is 0. The number of rotatable bonds is 6. The van der Waals surface area contributed by atoms with Gasteiger partial charge in [-0.3, -0.25) is 0 Å². The molecule has 4 rings (SSSR count). The normalized spacial score (nSPS) is 32.5. The lowest BCUT2D eigenvalue weighted by Crippen LogP contribution is -2.26. The maximum absolute atomic E-state index is 6.22. The van der Waals surface area contributed by atoms with Crippen molar-refractivity contribution < 1.29 is 0 Å². The Morgan fingerprint density at radius 2 is 2.05 bits per heavy atom. The topological polar surface area (TPSA) is 12.0 Å². The molecule has 1 nitrogen and oxygen atoms in total. The van der Waals surface area contributed by atoms with Gasteiger partial charge in [0.15, 0.2) is 0 Å². The zero-order valence-corrected chi connectivity index (χ0v) is 13.5. The van der Waals surface area contributed by atoms with Crippen LogP contribution >= 0.6 is 11.6 Å². The molecule has 0 spiro atoms. The van der Waals surface area contributed by atoms with Gasteiger partial charge in [-0.05, 0) is 79.9 Å². The van der Waals surface area contributed by atoms with E-state index in [0.717, 1.165) is 35.4 Å². The van der Waals surface area contributed by atoms with Crippen molar-refractivity contribution in [1.82, 2.24) is 5.32 Å². The van der Waals surface area contributed by atoms with Crippen LogP contribution in [-0.4, -0.2) is 12.6 Å². The van der Waals surface area contributed by atoms with Crippen LogP contribution in [-0.2, 0) is 0 Å². The molecule has 0 radical (unpaired) electrons. The van der Waals surface area contributed by atoms with E-state index in [0.29, 0.717) is 5.92 Å². The molecule has 114 valence electrons. The molecule has 21 heavy (non-hydrogen) atoms. The number of nitrogens with one attached hydrogen (secondary N) is 1. The number of hydrogen-bond donors (Lipinski definition) is 1. The van der Waals surface area contributed by atoms with Crippen molar-refractivity contribution >= 4 is 11.6 Å². The molecule has 0 aromatic heterocycles. The Bertz CT molecular complexity index is 496. The maximum Gasteiger partial charge on any atom is 0.0408 e. The minimum atomic E-state index is 0.647. The van der Waals surface area contributed by atoms with Gasteiger partial charge < -0.3 is 5.32 Å². The highest BCUT2D eigenvalue weighted by molar-refractivity contribution is 6.30. The van der Waals surface area contributed by atoms with E-state index in [9.17, 15) is 0 Å². The van der Waals surface area contributed by atoms with Gasteiger partial charge in [-0.1, -0.05) is 30.2 Å². The van der Waals surface area contributed by atoms with Crippen LogP contribution in [0.15, 0.2) is 24.3 Å². The van der Waals surface area contributed by atoms with Gasteiger partial charge >= 0.3 is 0 Å². The van der Waals surface area contributed by atoms with E-state index in [1.165, 1.54) is 50.5 Å². The minimum absolute atomic E-state index is 0.647. The fourth-order valence-electron chi connectivity index (χ4n) is 4.72. The molecule has 2 bridgehead atoms. The van der Waals surface area contributed by atoms with Crippen LogP contribution in [0.3, 0.4) is 0 Å². The first-order valence-corrected chi connectivity index (χ1v) is 9.14. The molecule has 3 fully saturated rings. The van der Waals surface area contributed by atoms with Crippen molar-refractivity contribution in [3.8, 4) is 0 Å². The van der Waals surface area contributed by atoms with E-state index < -0.39 is 0 Å². The van der Waals surface area contributed by atoms with Crippen LogP contribution in [0, 0.1) is 17.8 Å². The van der Waals surface area contributed by atoms with E-state index >= 15 is 0 Å². The van der Waals surface area contributed by atoms with E-state index in [4.69, 9.17) is 11.6 Å². The number of benzene rings is 1. The molecule has 1 N–H and O–H groups in total. The monoisotopic (exact) mass is 303 g/mol. The zero-order valence-electron chi connectivity index (χ0n) is 12.7. The van der Waals surface area contributed by atoms with Gasteiger partial charge in [-0.15, -0.1) is 0 Å². The van der Waals surface area contributed by atoms with Gasteiger partial charge in [0.2, 0.25) is 0 Å². The van der Waals surface area contributed by atoms with Crippen LogP contribution in [0.2, 0.25) is 5.02 Å². The lowest BCUT2D eigenvalue weighted by atomic mass is 9.80. The number of fused-ring (bicyclic) bond motifs is 2. The standard InChI is InChI=1S/C19H26ClN/c20-18-3-1-2-14(11-18)17(12-21-19-6-7-19)10-16-9-13-4-5-15(16)8-13/h1-3,11,13,15-17,19,21H,4-10,12H2. The summed E-state index contributed by atoms with van der Waals surface area (Å²) in [6, 6.07) is 9.37. The minimum Gasteiger partial charge on any atom is -0.313 e. The Labute approximate surface area is 133 Å². The van der Waals surface area contributed by atoms with Crippen LogP contribution in [0.25, 0.3) is 0 Å². The molecule has 2 heteroatoms. The van der Waals surface area contributed by atoms with Gasteiger partial charge in [0.05, 0.1) is 0 Å². The lowest BCUT2D eigenvalue weighted by molar-refractivity contribution is 0.291. The fraction of sp³-hybridized carbons (Fsp3) is 0.684. The molecule has 0 aliphatic heterocycles. The largest absolute Gasteiger partial charge is 0.313 e. The van der Waals surface area contributed by atoms with Crippen LogP contribution in [0.5, 0.6) is 0 Å². The average Bonchev–Trinajstić information content (AvgIpc) is 3.08. The van der Waals surface area contributed by atoms with Crippen LogP contribution < -0.4 is 5.32 Å². The second-order valence-corrected chi connectivity index (χ2v) is 8.04. The Balaban J connectivity index is 1.46. The highest BCUT2D eigenvalue weighted by atomic mass is 35.5. The van der Waals surface area contributed by atoms with Crippen molar-refractivity contribution in [2.75, 3.05) is 6.54 Å². The molecule has 1 aromatic rings. The molecular weight excluding hydrogens is 278 g/mol. The third kappa shape index (κ3) is 3.29. The predicted octanol–water partition coefficient (Wildman–Crippen LogP) is 5.00. The van der Waals surface area contributed by atoms with Crippen molar-refractivity contribution in [1.29, 1.82) is 0 Å². The smallest absolute Gasteiger partial charge is 0.0408 e. The molecule has 1 aromatic carbocycles. The van der Waals surface area contributed by atoms with Crippen LogP contribution in [0.1, 0.15) is 56.4 Å². The van der Waals surface area contributed by atoms with Crippen molar-refractivity contribution in [2.45, 2.75) is 56.9 Å². The van der Waals surface area contributed by atoms with Gasteiger partial charge in [-0.25, -0.2) is 0 Å². The highest BCUT2D eigenvalue weighted by Gasteiger charge is 2.40. The van der Waals surface area contributed by atoms with Crippen molar-refractivity contribution in [3.63, 3.8) is 0 Å². The summed E-state index contributed by atoms with van der Waals surface area (Å²) in [5.74, 6) is 3.69. The molecule has 4 unspecified atom stereocenters. The number of halogens is 1. The summed E-state index contributed by atoms with van der Waals surface area (Å²) < 4.78 is 0.